The van der Waals surface area contributed by atoms with Crippen LogP contribution in [0.25, 0.3) is 0 Å². The minimum Gasteiger partial charge on any atom is -0.388 e. The van der Waals surface area contributed by atoms with E-state index in [1.165, 1.54) is 0 Å². The van der Waals surface area contributed by atoms with Gasteiger partial charge in [0.2, 0.25) is 0 Å². The van der Waals surface area contributed by atoms with Gasteiger partial charge in [0.1, 0.15) is 4.99 Å². The predicted octanol–water partition coefficient (Wildman–Crippen LogP) is 1.87. The van der Waals surface area contributed by atoms with Gasteiger partial charge < -0.3 is 10.3 Å². The van der Waals surface area contributed by atoms with Crippen LogP contribution in [0.3, 0.4) is 0 Å². The Balaban J connectivity index is 2.38. The zero-order chi connectivity index (χ0) is 12.6. The van der Waals surface area contributed by atoms with Gasteiger partial charge in [0.25, 0.3) is 0 Å². The van der Waals surface area contributed by atoms with Crippen molar-refractivity contribution in [3.05, 3.63) is 40.4 Å². The summed E-state index contributed by atoms with van der Waals surface area (Å²) in [4.78, 5) is 0.380. The Morgan fingerprint density at radius 1 is 1.59 bits per heavy atom. The molecule has 0 saturated carbocycles. The highest BCUT2D eigenvalue weighted by Gasteiger charge is 2.13. The van der Waals surface area contributed by atoms with Crippen molar-refractivity contribution in [3.8, 4) is 0 Å². The molecule has 2 rings (SSSR count). The number of aryl methyl sites for hydroxylation is 2. The Morgan fingerprint density at radius 2 is 2.29 bits per heavy atom. The van der Waals surface area contributed by atoms with Crippen LogP contribution in [-0.2, 0) is 13.6 Å². The first-order valence-corrected chi connectivity index (χ1v) is 5.92. The van der Waals surface area contributed by atoms with Crippen LogP contribution < -0.4 is 5.73 Å². The molecule has 0 radical (unpaired) electrons. The third-order valence-corrected chi connectivity index (χ3v) is 3.36. The molecule has 2 aromatic heterocycles. The van der Waals surface area contributed by atoms with E-state index < -0.39 is 0 Å². The summed E-state index contributed by atoms with van der Waals surface area (Å²) in [5.41, 5.74) is 8.25. The number of nitrogens with zero attached hydrogens (tertiary/aromatic N) is 3. The van der Waals surface area contributed by atoms with Crippen molar-refractivity contribution >= 4 is 28.8 Å². The molecule has 0 atom stereocenters. The van der Waals surface area contributed by atoms with Crippen LogP contribution in [0, 0.1) is 6.92 Å². The fourth-order valence-corrected chi connectivity index (χ4v) is 2.19. The summed E-state index contributed by atoms with van der Waals surface area (Å²) in [5.74, 6) is 0. The second kappa shape index (κ2) is 4.50. The molecule has 0 aliphatic rings. The molecule has 90 valence electrons. The molecule has 0 spiro atoms. The van der Waals surface area contributed by atoms with Gasteiger partial charge in [-0.05, 0) is 19.1 Å². The smallest absolute Gasteiger partial charge is 0.120 e. The number of halogens is 1. The van der Waals surface area contributed by atoms with Crippen molar-refractivity contribution in [1.82, 2.24) is 14.3 Å². The summed E-state index contributed by atoms with van der Waals surface area (Å²) in [6.45, 7) is 2.49. The lowest BCUT2D eigenvalue weighted by atomic mass is 10.3. The van der Waals surface area contributed by atoms with Crippen LogP contribution in [0.2, 0.25) is 5.02 Å². The molecule has 6 heteroatoms. The lowest BCUT2D eigenvalue weighted by molar-refractivity contribution is 0.663. The van der Waals surface area contributed by atoms with Crippen LogP contribution in [-0.4, -0.2) is 19.3 Å². The summed E-state index contributed by atoms with van der Waals surface area (Å²) in [6, 6.07) is 3.80. The van der Waals surface area contributed by atoms with E-state index in [2.05, 4.69) is 5.10 Å². The van der Waals surface area contributed by atoms with Crippen LogP contribution in [0.1, 0.15) is 17.1 Å². The number of thiocarbonyl (C=S) groups is 1. The molecule has 0 amide bonds. The molecule has 2 N–H and O–H groups in total. The van der Waals surface area contributed by atoms with Gasteiger partial charge in [-0.1, -0.05) is 23.8 Å². The zero-order valence-corrected chi connectivity index (χ0v) is 11.2. The van der Waals surface area contributed by atoms with Gasteiger partial charge in [-0.25, -0.2) is 0 Å². The molecule has 0 aliphatic carbocycles. The maximum Gasteiger partial charge on any atom is 0.120 e. The molecule has 0 aromatic carbocycles. The van der Waals surface area contributed by atoms with E-state index in [9.17, 15) is 0 Å². The highest BCUT2D eigenvalue weighted by atomic mass is 35.5. The van der Waals surface area contributed by atoms with Crippen molar-refractivity contribution in [2.45, 2.75) is 13.5 Å². The second-order valence-electron chi connectivity index (χ2n) is 3.86. The molecule has 17 heavy (non-hydrogen) atoms. The van der Waals surface area contributed by atoms with Crippen LogP contribution in [0.4, 0.5) is 0 Å². The van der Waals surface area contributed by atoms with Crippen molar-refractivity contribution in [2.24, 2.45) is 12.8 Å². The summed E-state index contributed by atoms with van der Waals surface area (Å²) in [7, 11) is 1.87. The fraction of sp³-hybridized carbons (Fsp3) is 0.273. The molecular weight excluding hydrogens is 256 g/mol. The average Bonchev–Trinajstić information content (AvgIpc) is 2.80. The first-order chi connectivity index (χ1) is 8.00. The van der Waals surface area contributed by atoms with Gasteiger partial charge in [-0.15, -0.1) is 0 Å². The van der Waals surface area contributed by atoms with Crippen molar-refractivity contribution in [3.63, 3.8) is 0 Å². The summed E-state index contributed by atoms with van der Waals surface area (Å²) < 4.78 is 3.74. The molecule has 0 unspecified atom stereocenters. The van der Waals surface area contributed by atoms with E-state index in [1.807, 2.05) is 36.9 Å². The van der Waals surface area contributed by atoms with E-state index in [0.29, 0.717) is 16.6 Å². The third-order valence-electron chi connectivity index (χ3n) is 2.66. The van der Waals surface area contributed by atoms with E-state index in [4.69, 9.17) is 29.6 Å². The maximum absolute atomic E-state index is 6.20. The Hall–Kier alpha value is -1.33. The molecule has 2 aromatic rings. The lowest BCUT2D eigenvalue weighted by Crippen LogP contribution is -2.16. The quantitative estimate of drug-likeness (QED) is 0.865. The predicted molar refractivity (Wildman–Crippen MR) is 72.4 cm³/mol. The molecule has 0 aliphatic heterocycles. The van der Waals surface area contributed by atoms with E-state index in [0.717, 1.165) is 17.1 Å². The number of rotatable bonds is 3. The molecular formula is C11H13ClN4S. The van der Waals surface area contributed by atoms with Crippen molar-refractivity contribution < 1.29 is 0 Å². The minimum absolute atomic E-state index is 0.380. The van der Waals surface area contributed by atoms with E-state index >= 15 is 0 Å². The highest BCUT2D eigenvalue weighted by molar-refractivity contribution is 7.80. The third kappa shape index (κ3) is 2.21. The standard InChI is InChI=1S/C11H13ClN4S/c1-7-10(12)9(15(2)14-7)6-16-5-3-4-8(16)11(13)17/h3-5H,6H2,1-2H3,(H2,13,17). The Labute approximate surface area is 110 Å². The topological polar surface area (TPSA) is 48.8 Å². The van der Waals surface area contributed by atoms with Gasteiger partial charge in [-0.3, -0.25) is 4.68 Å². The molecule has 0 fully saturated rings. The normalized spacial score (nSPS) is 10.8. The maximum atomic E-state index is 6.20. The summed E-state index contributed by atoms with van der Waals surface area (Å²) >= 11 is 11.2. The molecule has 0 saturated heterocycles. The van der Waals surface area contributed by atoms with Gasteiger partial charge >= 0.3 is 0 Å². The monoisotopic (exact) mass is 268 g/mol. The highest BCUT2D eigenvalue weighted by Crippen LogP contribution is 2.21. The number of aromatic nitrogens is 3. The fourth-order valence-electron chi connectivity index (χ4n) is 1.79. The van der Waals surface area contributed by atoms with Crippen molar-refractivity contribution in [1.29, 1.82) is 0 Å². The van der Waals surface area contributed by atoms with E-state index in [-0.39, 0.29) is 0 Å². The van der Waals surface area contributed by atoms with E-state index in [1.54, 1.807) is 4.68 Å². The summed E-state index contributed by atoms with van der Waals surface area (Å²) in [6.07, 6.45) is 1.92. The van der Waals surface area contributed by atoms with Crippen molar-refractivity contribution in [2.75, 3.05) is 0 Å². The zero-order valence-electron chi connectivity index (χ0n) is 9.64. The molecule has 2 heterocycles. The molecule has 4 nitrogen and oxygen atoms in total. The average molecular weight is 269 g/mol. The first kappa shape index (κ1) is 12.1. The minimum atomic E-state index is 0.380. The number of hydrogen-bond acceptors (Lipinski definition) is 2. The lowest BCUT2D eigenvalue weighted by Gasteiger charge is -2.08. The number of hydrogen-bond donors (Lipinski definition) is 1. The van der Waals surface area contributed by atoms with Crippen LogP contribution in [0.15, 0.2) is 18.3 Å². The van der Waals surface area contributed by atoms with Gasteiger partial charge in [0, 0.05) is 13.2 Å². The van der Waals surface area contributed by atoms with Crippen LogP contribution >= 0.6 is 23.8 Å². The largest absolute Gasteiger partial charge is 0.388 e. The second-order valence-corrected chi connectivity index (χ2v) is 4.67. The Morgan fingerprint density at radius 3 is 2.82 bits per heavy atom. The number of nitrogens with two attached hydrogens (primary N) is 1. The Bertz CT molecular complexity index is 570. The summed E-state index contributed by atoms with van der Waals surface area (Å²) in [5, 5.41) is 4.96. The first-order valence-electron chi connectivity index (χ1n) is 5.13. The van der Waals surface area contributed by atoms with Gasteiger partial charge in [0.15, 0.2) is 0 Å². The Kier molecular flexibility index (Phi) is 3.22. The molecule has 0 bridgehead atoms. The SMILES string of the molecule is Cc1nn(C)c(Cn2cccc2C(N)=S)c1Cl. The van der Waals surface area contributed by atoms with Gasteiger partial charge in [0.05, 0.1) is 28.6 Å². The van der Waals surface area contributed by atoms with Gasteiger partial charge in [-0.2, -0.15) is 5.10 Å². The van der Waals surface area contributed by atoms with Crippen LogP contribution in [0.5, 0.6) is 0 Å².